The Labute approximate surface area is 144 Å². The van der Waals surface area contributed by atoms with Crippen LogP contribution in [-0.4, -0.2) is 34.7 Å². The predicted molar refractivity (Wildman–Crippen MR) is 98.3 cm³/mol. The van der Waals surface area contributed by atoms with Gasteiger partial charge in [0.1, 0.15) is 5.75 Å². The number of methoxy groups -OCH3 is 1. The van der Waals surface area contributed by atoms with Crippen LogP contribution in [-0.2, 0) is 6.42 Å². The molecule has 1 aromatic carbocycles. The Morgan fingerprint density at radius 3 is 2.81 bits per heavy atom. The van der Waals surface area contributed by atoms with E-state index in [1.165, 1.54) is 5.56 Å². The number of ether oxygens (including phenoxy) is 1. The molecule has 1 fully saturated rings. The summed E-state index contributed by atoms with van der Waals surface area (Å²) in [7, 11) is 1.70. The van der Waals surface area contributed by atoms with Crippen molar-refractivity contribution in [1.29, 1.82) is 0 Å². The summed E-state index contributed by atoms with van der Waals surface area (Å²) < 4.78 is 6.43. The van der Waals surface area contributed by atoms with Crippen molar-refractivity contribution in [2.24, 2.45) is 5.84 Å². The van der Waals surface area contributed by atoms with E-state index in [0.717, 1.165) is 22.4 Å². The van der Waals surface area contributed by atoms with E-state index >= 15 is 0 Å². The van der Waals surface area contributed by atoms with Gasteiger partial charge in [-0.25, -0.2) is 0 Å². The smallest absolute Gasteiger partial charge is 0.119 e. The third-order valence-electron chi connectivity index (χ3n) is 3.93. The lowest BCUT2D eigenvalue weighted by atomic mass is 10.0. The maximum absolute atomic E-state index is 5.83. The third kappa shape index (κ3) is 4.55. The van der Waals surface area contributed by atoms with Gasteiger partial charge in [0.05, 0.1) is 7.11 Å². The van der Waals surface area contributed by atoms with Crippen molar-refractivity contribution in [2.45, 2.75) is 42.1 Å². The molecular formula is C15H23BrN2OS2. The minimum absolute atomic E-state index is 0.265. The summed E-state index contributed by atoms with van der Waals surface area (Å²) in [6, 6.07) is 6.35. The number of hydrogen-bond donors (Lipinski definition) is 2. The van der Waals surface area contributed by atoms with Crippen molar-refractivity contribution >= 4 is 39.5 Å². The van der Waals surface area contributed by atoms with Crippen LogP contribution in [0, 0.1) is 0 Å². The van der Waals surface area contributed by atoms with E-state index in [1.807, 2.05) is 23.9 Å². The zero-order valence-electron chi connectivity index (χ0n) is 12.6. The van der Waals surface area contributed by atoms with Crippen molar-refractivity contribution in [1.82, 2.24) is 5.43 Å². The third-order valence-corrected chi connectivity index (χ3v) is 8.25. The van der Waals surface area contributed by atoms with Crippen LogP contribution in [0.3, 0.4) is 0 Å². The number of halogens is 1. The molecule has 118 valence electrons. The summed E-state index contributed by atoms with van der Waals surface area (Å²) in [5.74, 6) is 7.86. The van der Waals surface area contributed by atoms with Gasteiger partial charge in [-0.15, -0.1) is 0 Å². The molecule has 1 saturated heterocycles. The van der Waals surface area contributed by atoms with Crippen molar-refractivity contribution in [3.05, 3.63) is 28.2 Å². The largest absolute Gasteiger partial charge is 0.497 e. The number of nitrogens with two attached hydrogens (primary N) is 1. The Hall–Kier alpha value is 0.120. The van der Waals surface area contributed by atoms with E-state index in [1.54, 1.807) is 7.11 Å². The van der Waals surface area contributed by atoms with E-state index in [4.69, 9.17) is 10.6 Å². The standard InChI is InChI=1S/C15H23BrN2OS2/c1-9-10(2)21-15(8-20-9)14(18-17)7-11-6-12(19-3)4-5-13(11)16/h4-6,9-10,14-15,18H,7-8,17H2,1-3H3. The maximum atomic E-state index is 5.83. The Bertz CT molecular complexity index is 475. The summed E-state index contributed by atoms with van der Waals surface area (Å²) in [6.45, 7) is 4.62. The van der Waals surface area contributed by atoms with Crippen molar-refractivity contribution < 1.29 is 4.74 Å². The molecule has 0 radical (unpaired) electrons. The van der Waals surface area contributed by atoms with Crippen LogP contribution in [0.25, 0.3) is 0 Å². The van der Waals surface area contributed by atoms with Crippen molar-refractivity contribution in [2.75, 3.05) is 12.9 Å². The summed E-state index contributed by atoms with van der Waals surface area (Å²) in [6.07, 6.45) is 0.896. The van der Waals surface area contributed by atoms with Crippen LogP contribution in [0.2, 0.25) is 0 Å². The Kier molecular flexibility index (Phi) is 6.75. The molecule has 0 amide bonds. The summed E-state index contributed by atoms with van der Waals surface area (Å²) >= 11 is 7.73. The summed E-state index contributed by atoms with van der Waals surface area (Å²) in [5.41, 5.74) is 4.26. The molecule has 3 N–H and O–H groups in total. The minimum Gasteiger partial charge on any atom is -0.497 e. The number of hydrazine groups is 1. The molecule has 0 spiro atoms. The highest BCUT2D eigenvalue weighted by Gasteiger charge is 2.31. The lowest BCUT2D eigenvalue weighted by Crippen LogP contribution is -2.47. The second-order valence-corrected chi connectivity index (χ2v) is 9.24. The second-order valence-electron chi connectivity index (χ2n) is 5.35. The summed E-state index contributed by atoms with van der Waals surface area (Å²) in [5, 5.41) is 1.91. The fraction of sp³-hybridized carbons (Fsp3) is 0.600. The lowest BCUT2D eigenvalue weighted by molar-refractivity contribution is 0.413. The first kappa shape index (κ1) is 17.5. The number of hydrogen-bond acceptors (Lipinski definition) is 5. The van der Waals surface area contributed by atoms with Gasteiger partial charge in [-0.3, -0.25) is 11.3 Å². The Morgan fingerprint density at radius 2 is 2.19 bits per heavy atom. The van der Waals surface area contributed by atoms with E-state index in [9.17, 15) is 0 Å². The van der Waals surface area contributed by atoms with Gasteiger partial charge in [0, 0.05) is 32.0 Å². The molecule has 0 aromatic heterocycles. The van der Waals surface area contributed by atoms with Crippen molar-refractivity contribution in [3.63, 3.8) is 0 Å². The average Bonchev–Trinajstić information content (AvgIpc) is 2.49. The highest BCUT2D eigenvalue weighted by atomic mass is 79.9. The van der Waals surface area contributed by atoms with Crippen LogP contribution in [0.15, 0.2) is 22.7 Å². The SMILES string of the molecule is COc1ccc(Br)c(CC(NN)C2CSC(C)C(C)S2)c1. The highest BCUT2D eigenvalue weighted by Crippen LogP contribution is 2.38. The zero-order valence-corrected chi connectivity index (χ0v) is 15.9. The van der Waals surface area contributed by atoms with Gasteiger partial charge in [-0.2, -0.15) is 23.5 Å². The first-order valence-corrected chi connectivity index (χ1v) is 9.89. The van der Waals surface area contributed by atoms with Crippen LogP contribution >= 0.6 is 39.5 Å². The number of nitrogens with one attached hydrogen (secondary N) is 1. The Balaban J connectivity index is 2.08. The molecule has 21 heavy (non-hydrogen) atoms. The fourth-order valence-electron chi connectivity index (χ4n) is 2.39. The van der Waals surface area contributed by atoms with Crippen LogP contribution in [0.1, 0.15) is 19.4 Å². The van der Waals surface area contributed by atoms with Gasteiger partial charge in [0.15, 0.2) is 0 Å². The molecule has 0 aliphatic carbocycles. The Morgan fingerprint density at radius 1 is 1.43 bits per heavy atom. The normalized spacial score (nSPS) is 27.4. The first-order chi connectivity index (χ1) is 10.0. The van der Waals surface area contributed by atoms with Gasteiger partial charge in [0.25, 0.3) is 0 Å². The van der Waals surface area contributed by atoms with Gasteiger partial charge >= 0.3 is 0 Å². The molecule has 6 heteroatoms. The molecule has 1 heterocycles. The van der Waals surface area contributed by atoms with Crippen LogP contribution in [0.4, 0.5) is 0 Å². The molecule has 1 aliphatic rings. The van der Waals surface area contributed by atoms with E-state index < -0.39 is 0 Å². The molecule has 0 saturated carbocycles. The molecule has 3 nitrogen and oxygen atoms in total. The molecule has 4 atom stereocenters. The lowest BCUT2D eigenvalue weighted by Gasteiger charge is -2.35. The van der Waals surface area contributed by atoms with Crippen LogP contribution < -0.4 is 16.0 Å². The van der Waals surface area contributed by atoms with E-state index in [2.05, 4.69) is 53.0 Å². The summed E-state index contributed by atoms with van der Waals surface area (Å²) in [4.78, 5) is 0. The zero-order chi connectivity index (χ0) is 15.4. The topological polar surface area (TPSA) is 47.3 Å². The average molecular weight is 391 g/mol. The van der Waals surface area contributed by atoms with Crippen molar-refractivity contribution in [3.8, 4) is 5.75 Å². The van der Waals surface area contributed by atoms with Gasteiger partial charge in [-0.1, -0.05) is 29.8 Å². The number of rotatable bonds is 5. The number of thioether (sulfide) groups is 2. The first-order valence-electron chi connectivity index (χ1n) is 7.10. The van der Waals surface area contributed by atoms with E-state index in [0.29, 0.717) is 15.7 Å². The monoisotopic (exact) mass is 390 g/mol. The van der Waals surface area contributed by atoms with E-state index in [-0.39, 0.29) is 6.04 Å². The molecule has 1 aromatic rings. The molecule has 0 bridgehead atoms. The molecule has 4 unspecified atom stereocenters. The molecule has 1 aliphatic heterocycles. The van der Waals surface area contributed by atoms with Gasteiger partial charge < -0.3 is 4.74 Å². The predicted octanol–water partition coefficient (Wildman–Crippen LogP) is 3.46. The highest BCUT2D eigenvalue weighted by molar-refractivity contribution is 9.10. The maximum Gasteiger partial charge on any atom is 0.119 e. The molecular weight excluding hydrogens is 368 g/mol. The van der Waals surface area contributed by atoms with Gasteiger partial charge in [-0.05, 0) is 30.2 Å². The van der Waals surface area contributed by atoms with Crippen LogP contribution in [0.5, 0.6) is 5.75 Å². The number of benzene rings is 1. The second kappa shape index (κ2) is 8.11. The quantitative estimate of drug-likeness (QED) is 0.595. The molecule has 2 rings (SSSR count). The fourth-order valence-corrected chi connectivity index (χ4v) is 5.91. The minimum atomic E-state index is 0.265. The van der Waals surface area contributed by atoms with Gasteiger partial charge in [0.2, 0.25) is 0 Å².